The minimum absolute atomic E-state index is 0.0783. The minimum atomic E-state index is -3.62. The lowest BCUT2D eigenvalue weighted by molar-refractivity contribution is -0.141. The molecule has 0 spiro atoms. The molecular weight excluding hydrogens is 494 g/mol. The van der Waals surface area contributed by atoms with Gasteiger partial charge in [-0.3, -0.25) is 13.9 Å². The zero-order chi connectivity index (χ0) is 27.4. The predicted octanol–water partition coefficient (Wildman–Crippen LogP) is 3.58. The van der Waals surface area contributed by atoms with Crippen molar-refractivity contribution in [2.45, 2.75) is 52.6 Å². The van der Waals surface area contributed by atoms with Crippen molar-refractivity contribution in [3.05, 3.63) is 54.1 Å². The van der Waals surface area contributed by atoms with E-state index in [9.17, 15) is 18.0 Å². The SMILES string of the molecule is CCNC(=O)[C@@H](CC)N(Cc1ccc(OC)cc1)C(=O)CCCN(c1ccccc1OCC)S(C)(=O)=O. The van der Waals surface area contributed by atoms with E-state index in [4.69, 9.17) is 9.47 Å². The van der Waals surface area contributed by atoms with Gasteiger partial charge in [-0.1, -0.05) is 31.2 Å². The number of nitrogens with one attached hydrogen (secondary N) is 1. The van der Waals surface area contributed by atoms with E-state index >= 15 is 0 Å². The summed E-state index contributed by atoms with van der Waals surface area (Å²) in [6, 6.07) is 13.6. The first kappa shape index (κ1) is 30.0. The summed E-state index contributed by atoms with van der Waals surface area (Å²) in [4.78, 5) is 27.8. The molecule has 2 aromatic carbocycles. The number of sulfonamides is 1. The number of rotatable bonds is 15. The maximum Gasteiger partial charge on any atom is 0.242 e. The van der Waals surface area contributed by atoms with Crippen LogP contribution in [0.3, 0.4) is 0 Å². The molecule has 1 atom stereocenters. The van der Waals surface area contributed by atoms with Crippen molar-refractivity contribution in [1.29, 1.82) is 0 Å². The molecule has 37 heavy (non-hydrogen) atoms. The molecule has 1 N–H and O–H groups in total. The second-order valence-electron chi connectivity index (χ2n) is 8.53. The van der Waals surface area contributed by atoms with Gasteiger partial charge in [0.25, 0.3) is 0 Å². The summed E-state index contributed by atoms with van der Waals surface area (Å²) in [5, 5.41) is 2.82. The summed E-state index contributed by atoms with van der Waals surface area (Å²) >= 11 is 0. The Morgan fingerprint density at radius 2 is 1.70 bits per heavy atom. The van der Waals surface area contributed by atoms with Gasteiger partial charge in [-0.2, -0.15) is 0 Å². The van der Waals surface area contributed by atoms with Gasteiger partial charge in [-0.05, 0) is 56.5 Å². The van der Waals surface area contributed by atoms with Gasteiger partial charge in [0.15, 0.2) is 0 Å². The fourth-order valence-corrected chi connectivity index (χ4v) is 5.03. The molecule has 0 saturated heterocycles. The van der Waals surface area contributed by atoms with Crippen molar-refractivity contribution in [1.82, 2.24) is 10.2 Å². The monoisotopic (exact) mass is 533 g/mol. The van der Waals surface area contributed by atoms with Crippen molar-refractivity contribution in [2.24, 2.45) is 0 Å². The van der Waals surface area contributed by atoms with E-state index in [1.807, 2.05) is 45.0 Å². The van der Waals surface area contributed by atoms with Crippen LogP contribution in [0.5, 0.6) is 11.5 Å². The first-order valence-electron chi connectivity index (χ1n) is 12.6. The van der Waals surface area contributed by atoms with Gasteiger partial charge in [0.2, 0.25) is 21.8 Å². The Labute approximate surface area is 220 Å². The minimum Gasteiger partial charge on any atom is -0.497 e. The molecule has 2 aromatic rings. The molecule has 2 amide bonds. The number of methoxy groups -OCH3 is 1. The summed E-state index contributed by atoms with van der Waals surface area (Å²) < 4.78 is 37.3. The number of anilines is 1. The van der Waals surface area contributed by atoms with Crippen LogP contribution in [-0.4, -0.2) is 64.2 Å². The Morgan fingerprint density at radius 3 is 2.27 bits per heavy atom. The number of benzene rings is 2. The number of ether oxygens (including phenoxy) is 2. The molecule has 0 fully saturated rings. The lowest BCUT2D eigenvalue weighted by Crippen LogP contribution is -2.49. The number of nitrogens with zero attached hydrogens (tertiary/aromatic N) is 2. The normalized spacial score (nSPS) is 11.9. The summed E-state index contributed by atoms with van der Waals surface area (Å²) in [6.07, 6.45) is 1.94. The van der Waals surface area contributed by atoms with Crippen LogP contribution in [0.4, 0.5) is 5.69 Å². The Hall–Kier alpha value is -3.27. The van der Waals surface area contributed by atoms with Crippen molar-refractivity contribution in [2.75, 3.05) is 37.4 Å². The molecule has 0 aromatic heterocycles. The number of carbonyl (C=O) groups is 2. The van der Waals surface area contributed by atoms with Crippen LogP contribution in [0.15, 0.2) is 48.5 Å². The molecule has 10 heteroatoms. The van der Waals surface area contributed by atoms with Crippen molar-refractivity contribution >= 4 is 27.5 Å². The van der Waals surface area contributed by atoms with Crippen LogP contribution in [0, 0.1) is 0 Å². The Balaban J connectivity index is 2.23. The number of para-hydroxylation sites is 2. The first-order valence-corrected chi connectivity index (χ1v) is 14.4. The van der Waals surface area contributed by atoms with Gasteiger partial charge < -0.3 is 19.7 Å². The highest BCUT2D eigenvalue weighted by Gasteiger charge is 2.29. The predicted molar refractivity (Wildman–Crippen MR) is 145 cm³/mol. The second-order valence-corrected chi connectivity index (χ2v) is 10.4. The largest absolute Gasteiger partial charge is 0.497 e. The first-order chi connectivity index (χ1) is 17.7. The van der Waals surface area contributed by atoms with E-state index in [1.54, 1.807) is 36.3 Å². The molecule has 9 nitrogen and oxygen atoms in total. The number of likely N-dealkylation sites (N-methyl/N-ethyl adjacent to an activating group) is 1. The second kappa shape index (κ2) is 14.5. The fourth-order valence-electron chi connectivity index (χ4n) is 4.06. The molecule has 0 radical (unpaired) electrons. The third kappa shape index (κ3) is 8.66. The highest BCUT2D eigenvalue weighted by Crippen LogP contribution is 2.30. The topological polar surface area (TPSA) is 105 Å². The molecule has 0 aliphatic carbocycles. The van der Waals surface area contributed by atoms with Crippen LogP contribution >= 0.6 is 0 Å². The average molecular weight is 534 g/mol. The van der Waals surface area contributed by atoms with Gasteiger partial charge in [-0.15, -0.1) is 0 Å². The molecule has 0 bridgehead atoms. The van der Waals surface area contributed by atoms with Gasteiger partial charge in [0.05, 0.1) is 25.7 Å². The van der Waals surface area contributed by atoms with E-state index in [0.717, 1.165) is 11.8 Å². The van der Waals surface area contributed by atoms with E-state index in [2.05, 4.69) is 5.32 Å². The van der Waals surface area contributed by atoms with E-state index in [1.165, 1.54) is 4.31 Å². The van der Waals surface area contributed by atoms with E-state index in [-0.39, 0.29) is 37.7 Å². The maximum atomic E-state index is 13.4. The van der Waals surface area contributed by atoms with Crippen molar-refractivity contribution < 1.29 is 27.5 Å². The van der Waals surface area contributed by atoms with Crippen molar-refractivity contribution in [3.8, 4) is 11.5 Å². The molecule has 204 valence electrons. The third-order valence-corrected chi connectivity index (χ3v) is 7.01. The van der Waals surface area contributed by atoms with Gasteiger partial charge in [-0.25, -0.2) is 8.42 Å². The summed E-state index contributed by atoms with van der Waals surface area (Å²) in [5.74, 6) is 0.728. The highest BCUT2D eigenvalue weighted by atomic mass is 32.2. The third-order valence-electron chi connectivity index (χ3n) is 5.83. The van der Waals surface area contributed by atoms with Crippen LogP contribution in [0.1, 0.15) is 45.6 Å². The molecule has 0 saturated carbocycles. The van der Waals surface area contributed by atoms with Gasteiger partial charge in [0, 0.05) is 26.1 Å². The standard InChI is InChI=1S/C27H39N3O6S/c1-6-23(27(32)28-7-2)29(20-21-15-17-22(35-4)18-16-21)26(31)14-11-19-30(37(5,33)34)24-12-9-10-13-25(24)36-8-3/h9-10,12-13,15-18,23H,6-8,11,14,19-20H2,1-5H3,(H,28,32)/t23-/m1/s1. The molecule has 0 heterocycles. The average Bonchev–Trinajstić information content (AvgIpc) is 2.87. The van der Waals surface area contributed by atoms with Crippen molar-refractivity contribution in [3.63, 3.8) is 0 Å². The summed E-state index contributed by atoms with van der Waals surface area (Å²) in [5.41, 5.74) is 1.29. The molecule has 2 rings (SSSR count). The van der Waals surface area contributed by atoms with Crippen LogP contribution in [0.25, 0.3) is 0 Å². The van der Waals surface area contributed by atoms with E-state index < -0.39 is 16.1 Å². The number of carbonyl (C=O) groups excluding carboxylic acids is 2. The van der Waals surface area contributed by atoms with Crippen LogP contribution in [-0.2, 0) is 26.2 Å². The number of hydrogen-bond donors (Lipinski definition) is 1. The van der Waals surface area contributed by atoms with Gasteiger partial charge >= 0.3 is 0 Å². The zero-order valence-electron chi connectivity index (χ0n) is 22.4. The highest BCUT2D eigenvalue weighted by molar-refractivity contribution is 7.92. The van der Waals surface area contributed by atoms with E-state index in [0.29, 0.717) is 36.8 Å². The zero-order valence-corrected chi connectivity index (χ0v) is 23.2. The van der Waals surface area contributed by atoms with Crippen LogP contribution in [0.2, 0.25) is 0 Å². The molecule has 0 unspecified atom stereocenters. The molecular formula is C27H39N3O6S. The quantitative estimate of drug-likeness (QED) is 0.375. The number of amides is 2. The Kier molecular flexibility index (Phi) is 11.7. The smallest absolute Gasteiger partial charge is 0.242 e. The Morgan fingerprint density at radius 1 is 1.03 bits per heavy atom. The van der Waals surface area contributed by atoms with Gasteiger partial charge in [0.1, 0.15) is 17.5 Å². The molecule has 0 aliphatic rings. The maximum absolute atomic E-state index is 13.4. The fraction of sp³-hybridized carbons (Fsp3) is 0.481. The molecule has 0 aliphatic heterocycles. The number of hydrogen-bond acceptors (Lipinski definition) is 6. The van der Waals surface area contributed by atoms with Crippen LogP contribution < -0.4 is 19.1 Å². The summed E-state index contributed by atoms with van der Waals surface area (Å²) in [6.45, 7) is 6.74. The Bertz CT molecular complexity index is 1120. The lowest BCUT2D eigenvalue weighted by atomic mass is 10.1. The lowest BCUT2D eigenvalue weighted by Gasteiger charge is -2.31. The summed E-state index contributed by atoms with van der Waals surface area (Å²) in [7, 11) is -2.04.